The molecule has 0 bridgehead atoms. The third-order valence-corrected chi connectivity index (χ3v) is 6.45. The van der Waals surface area contributed by atoms with Gasteiger partial charge in [0.1, 0.15) is 22.5 Å². The average Bonchev–Trinajstić information content (AvgIpc) is 3.57. The first-order valence-corrected chi connectivity index (χ1v) is 11.7. The quantitative estimate of drug-likeness (QED) is 0.277. The SMILES string of the molecule is CC(C)Nc1cncc(-c2cc(F)c3[nH]nc(-c4nc5c(-c6cccs6)ccnc5[nH]4)c3c2)c1. The Balaban J connectivity index is 1.49. The first-order chi connectivity index (χ1) is 16.6. The molecule has 0 atom stereocenters. The van der Waals surface area contributed by atoms with Crippen LogP contribution in [0.3, 0.4) is 0 Å². The summed E-state index contributed by atoms with van der Waals surface area (Å²) >= 11 is 1.64. The van der Waals surface area contributed by atoms with E-state index >= 15 is 4.39 Å². The number of anilines is 1. The van der Waals surface area contributed by atoms with E-state index < -0.39 is 0 Å². The normalized spacial score (nSPS) is 11.6. The van der Waals surface area contributed by atoms with Gasteiger partial charge in [-0.15, -0.1) is 11.3 Å². The number of nitrogens with one attached hydrogen (secondary N) is 3. The van der Waals surface area contributed by atoms with E-state index in [1.54, 1.807) is 29.9 Å². The lowest BCUT2D eigenvalue weighted by Crippen LogP contribution is -2.09. The highest BCUT2D eigenvalue weighted by atomic mass is 32.1. The number of H-pyrrole nitrogens is 2. The Morgan fingerprint density at radius 2 is 2.00 bits per heavy atom. The van der Waals surface area contributed by atoms with Crippen LogP contribution in [0.15, 0.2) is 60.4 Å². The lowest BCUT2D eigenvalue weighted by Gasteiger charge is -2.11. The fourth-order valence-electron chi connectivity index (χ4n) is 4.09. The number of pyridine rings is 2. The van der Waals surface area contributed by atoms with Crippen LogP contribution in [0.2, 0.25) is 0 Å². The van der Waals surface area contributed by atoms with Crippen molar-refractivity contribution >= 4 is 39.1 Å². The van der Waals surface area contributed by atoms with Gasteiger partial charge in [-0.2, -0.15) is 5.10 Å². The number of aromatic amines is 2. The van der Waals surface area contributed by atoms with Crippen molar-refractivity contribution in [1.29, 1.82) is 0 Å². The fraction of sp³-hybridized carbons (Fsp3) is 0.120. The van der Waals surface area contributed by atoms with Crippen LogP contribution in [0, 0.1) is 5.82 Å². The Morgan fingerprint density at radius 3 is 2.82 bits per heavy atom. The number of rotatable bonds is 5. The van der Waals surface area contributed by atoms with Gasteiger partial charge in [0.05, 0.1) is 5.69 Å². The molecular weight excluding hydrogens is 449 g/mol. The number of halogens is 1. The molecule has 7 nitrogen and oxygen atoms in total. The molecule has 0 saturated carbocycles. The Bertz CT molecular complexity index is 1630. The van der Waals surface area contributed by atoms with Gasteiger partial charge >= 0.3 is 0 Å². The number of hydrogen-bond donors (Lipinski definition) is 3. The molecule has 0 radical (unpaired) electrons. The zero-order chi connectivity index (χ0) is 23.2. The maximum atomic E-state index is 15.1. The van der Waals surface area contributed by atoms with Crippen LogP contribution >= 0.6 is 11.3 Å². The summed E-state index contributed by atoms with van der Waals surface area (Å²) in [5.41, 5.74) is 5.67. The van der Waals surface area contributed by atoms with E-state index in [2.05, 4.69) is 50.4 Å². The zero-order valence-electron chi connectivity index (χ0n) is 18.4. The molecule has 0 unspecified atom stereocenters. The van der Waals surface area contributed by atoms with Gasteiger partial charge in [0.25, 0.3) is 0 Å². The second-order valence-corrected chi connectivity index (χ2v) is 9.28. The molecule has 0 saturated heterocycles. The molecule has 0 amide bonds. The predicted molar refractivity (Wildman–Crippen MR) is 134 cm³/mol. The van der Waals surface area contributed by atoms with Crippen molar-refractivity contribution < 1.29 is 4.39 Å². The van der Waals surface area contributed by atoms with Crippen molar-refractivity contribution in [1.82, 2.24) is 30.1 Å². The smallest absolute Gasteiger partial charge is 0.160 e. The van der Waals surface area contributed by atoms with Gasteiger partial charge in [-0.25, -0.2) is 14.4 Å². The molecule has 5 aromatic heterocycles. The number of fused-ring (bicyclic) bond motifs is 2. The third-order valence-electron chi connectivity index (χ3n) is 5.55. The van der Waals surface area contributed by atoms with Crippen LogP contribution < -0.4 is 5.32 Å². The Morgan fingerprint density at radius 1 is 1.09 bits per heavy atom. The largest absolute Gasteiger partial charge is 0.382 e. The van der Waals surface area contributed by atoms with E-state index in [0.29, 0.717) is 33.6 Å². The first-order valence-electron chi connectivity index (χ1n) is 10.9. The standard InChI is InChI=1S/C25H20FN7S/c1-13(2)29-16-8-15(11-27-12-16)14-9-18-21(19(26)10-14)32-33-23(18)25-30-22-17(20-4-3-7-34-20)5-6-28-24(22)31-25/h3-13,29H,1-2H3,(H,32,33)(H,28,30,31). The summed E-state index contributed by atoms with van der Waals surface area (Å²) < 4.78 is 15.1. The van der Waals surface area contributed by atoms with Crippen molar-refractivity contribution in [3.8, 4) is 33.1 Å². The molecule has 6 rings (SSSR count). The third kappa shape index (κ3) is 3.50. The van der Waals surface area contributed by atoms with Crippen LogP contribution in [-0.4, -0.2) is 36.2 Å². The summed E-state index contributed by atoms with van der Waals surface area (Å²) in [5.74, 6) is 0.143. The second-order valence-electron chi connectivity index (χ2n) is 8.33. The summed E-state index contributed by atoms with van der Waals surface area (Å²) in [4.78, 5) is 17.9. The Labute approximate surface area is 198 Å². The van der Waals surface area contributed by atoms with Crippen molar-refractivity contribution in [2.24, 2.45) is 0 Å². The fourth-order valence-corrected chi connectivity index (χ4v) is 4.84. The number of aromatic nitrogens is 6. The summed E-state index contributed by atoms with van der Waals surface area (Å²) in [6.45, 7) is 4.12. The molecular formula is C25H20FN7S. The average molecular weight is 470 g/mol. The minimum absolute atomic E-state index is 0.262. The van der Waals surface area contributed by atoms with Crippen LogP contribution in [0.4, 0.5) is 10.1 Å². The van der Waals surface area contributed by atoms with Gasteiger partial charge in [0, 0.05) is 46.0 Å². The molecule has 9 heteroatoms. The topological polar surface area (TPSA) is 95.2 Å². The van der Waals surface area contributed by atoms with E-state index in [-0.39, 0.29) is 11.9 Å². The molecule has 0 aliphatic heterocycles. The van der Waals surface area contributed by atoms with E-state index in [0.717, 1.165) is 27.2 Å². The van der Waals surface area contributed by atoms with E-state index in [1.165, 1.54) is 6.07 Å². The predicted octanol–water partition coefficient (Wildman–Crippen LogP) is 6.25. The van der Waals surface area contributed by atoms with Gasteiger partial charge in [-0.3, -0.25) is 10.1 Å². The number of hydrogen-bond acceptors (Lipinski definition) is 6. The molecule has 0 aliphatic carbocycles. The molecule has 0 aliphatic rings. The van der Waals surface area contributed by atoms with E-state index in [4.69, 9.17) is 4.98 Å². The van der Waals surface area contributed by atoms with Crippen LogP contribution in [-0.2, 0) is 0 Å². The lowest BCUT2D eigenvalue weighted by atomic mass is 10.0. The van der Waals surface area contributed by atoms with Gasteiger partial charge in [-0.05, 0) is 55.1 Å². The van der Waals surface area contributed by atoms with Gasteiger partial charge < -0.3 is 10.3 Å². The number of thiophene rings is 1. The lowest BCUT2D eigenvalue weighted by molar-refractivity contribution is 0.636. The molecule has 0 fully saturated rings. The van der Waals surface area contributed by atoms with Crippen LogP contribution in [0.1, 0.15) is 13.8 Å². The molecule has 34 heavy (non-hydrogen) atoms. The Hall–Kier alpha value is -4.11. The van der Waals surface area contributed by atoms with Crippen molar-refractivity contribution in [2.75, 3.05) is 5.32 Å². The minimum atomic E-state index is -0.387. The van der Waals surface area contributed by atoms with E-state index in [1.807, 2.05) is 29.6 Å². The molecule has 0 spiro atoms. The summed E-state index contributed by atoms with van der Waals surface area (Å²) in [6.07, 6.45) is 5.24. The first kappa shape index (κ1) is 20.5. The molecule has 5 heterocycles. The summed E-state index contributed by atoms with van der Waals surface area (Å²) in [5, 5.41) is 13.2. The zero-order valence-corrected chi connectivity index (χ0v) is 19.2. The number of nitrogens with zero attached hydrogens (tertiary/aromatic N) is 4. The van der Waals surface area contributed by atoms with Gasteiger partial charge in [-0.1, -0.05) is 6.07 Å². The molecule has 6 aromatic rings. The van der Waals surface area contributed by atoms with Gasteiger partial charge in [0.15, 0.2) is 11.5 Å². The second kappa shape index (κ2) is 8.03. The van der Waals surface area contributed by atoms with Crippen molar-refractivity contribution in [2.45, 2.75) is 19.9 Å². The highest BCUT2D eigenvalue weighted by Gasteiger charge is 2.19. The highest BCUT2D eigenvalue weighted by Crippen LogP contribution is 2.35. The Kier molecular flexibility index (Phi) is 4.84. The van der Waals surface area contributed by atoms with Crippen LogP contribution in [0.25, 0.3) is 55.2 Å². The molecule has 168 valence electrons. The maximum absolute atomic E-state index is 15.1. The molecule has 1 aromatic carbocycles. The minimum Gasteiger partial charge on any atom is -0.382 e. The highest BCUT2D eigenvalue weighted by molar-refractivity contribution is 7.13. The van der Waals surface area contributed by atoms with Gasteiger partial charge in [0.2, 0.25) is 0 Å². The monoisotopic (exact) mass is 469 g/mol. The summed E-state index contributed by atoms with van der Waals surface area (Å²) in [6, 6.07) is 11.6. The summed E-state index contributed by atoms with van der Waals surface area (Å²) in [7, 11) is 0. The molecule has 3 N–H and O–H groups in total. The van der Waals surface area contributed by atoms with Crippen molar-refractivity contribution in [3.05, 3.63) is 66.2 Å². The van der Waals surface area contributed by atoms with Crippen molar-refractivity contribution in [3.63, 3.8) is 0 Å². The van der Waals surface area contributed by atoms with E-state index in [9.17, 15) is 0 Å². The van der Waals surface area contributed by atoms with Crippen LogP contribution in [0.5, 0.6) is 0 Å². The number of benzene rings is 1. The number of imidazole rings is 1. The maximum Gasteiger partial charge on any atom is 0.160 e.